The van der Waals surface area contributed by atoms with Crippen LogP contribution in [0.1, 0.15) is 24.8 Å². The first-order chi connectivity index (χ1) is 10.1. The Balaban J connectivity index is 2.17. The van der Waals surface area contributed by atoms with E-state index in [4.69, 9.17) is 11.6 Å². The second kappa shape index (κ2) is 5.40. The fraction of sp³-hybridized carbons (Fsp3) is 0.467. The summed E-state index contributed by atoms with van der Waals surface area (Å²) >= 11 is 6.30. The predicted molar refractivity (Wildman–Crippen MR) is 79.4 cm³/mol. The molecule has 1 aromatic rings. The van der Waals surface area contributed by atoms with Gasteiger partial charge in [0.1, 0.15) is 5.54 Å². The van der Waals surface area contributed by atoms with Crippen molar-refractivity contribution >= 4 is 23.2 Å². The molecule has 1 heterocycles. The van der Waals surface area contributed by atoms with E-state index in [2.05, 4.69) is 10.3 Å². The average molecular weight is 309 g/mol. The van der Waals surface area contributed by atoms with Crippen LogP contribution in [0.5, 0.6) is 0 Å². The summed E-state index contributed by atoms with van der Waals surface area (Å²) in [6, 6.07) is 6.41. The van der Waals surface area contributed by atoms with Crippen LogP contribution in [0, 0.1) is 0 Å². The number of aliphatic imine (C=N–C) groups is 1. The number of rotatable bonds is 2. The monoisotopic (exact) mass is 308 g/mol. The molecule has 0 saturated heterocycles. The number of carbonyl (C=O) groups is 1. The summed E-state index contributed by atoms with van der Waals surface area (Å²) in [5.74, 6) is -0.338. The van der Waals surface area contributed by atoms with Crippen LogP contribution in [0.4, 0.5) is 0 Å². The number of halogens is 1. The molecule has 1 saturated carbocycles. The molecule has 0 bridgehead atoms. The SMILES string of the molecule is O=C1NC2(c3ccccc3Cl)CCC[C@@H](O)C2=NC1CO. The lowest BCUT2D eigenvalue weighted by atomic mass is 9.72. The average Bonchev–Trinajstić information content (AvgIpc) is 2.47. The molecule has 2 aliphatic rings. The Morgan fingerprint density at radius 3 is 2.90 bits per heavy atom. The number of hydrogen-bond acceptors (Lipinski definition) is 4. The van der Waals surface area contributed by atoms with Crippen LogP contribution in [0.2, 0.25) is 5.02 Å². The maximum Gasteiger partial charge on any atom is 0.248 e. The van der Waals surface area contributed by atoms with Gasteiger partial charge in [0.2, 0.25) is 5.91 Å². The first kappa shape index (κ1) is 14.5. The number of carbonyl (C=O) groups excluding carboxylic acids is 1. The molecule has 112 valence electrons. The van der Waals surface area contributed by atoms with Crippen LogP contribution in [0.15, 0.2) is 29.3 Å². The summed E-state index contributed by atoms with van der Waals surface area (Å²) in [5, 5.41) is 23.1. The Bertz CT molecular complexity index is 604. The van der Waals surface area contributed by atoms with Gasteiger partial charge in [0, 0.05) is 10.6 Å². The standard InChI is InChI=1S/C15H17ClN2O3/c16-10-5-2-1-4-9(10)15-7-3-6-12(20)13(15)17-11(8-19)14(21)18-15/h1-2,4-5,11-12,19-20H,3,6-8H2,(H,18,21)/t11?,12-,15?/m1/s1. The Kier molecular flexibility index (Phi) is 3.73. The van der Waals surface area contributed by atoms with Crippen molar-refractivity contribution in [2.75, 3.05) is 6.61 Å². The van der Waals surface area contributed by atoms with Crippen LogP contribution in [0.3, 0.4) is 0 Å². The van der Waals surface area contributed by atoms with Gasteiger partial charge in [-0.2, -0.15) is 0 Å². The van der Waals surface area contributed by atoms with Gasteiger partial charge in [-0.05, 0) is 25.3 Å². The molecule has 21 heavy (non-hydrogen) atoms. The number of aliphatic hydroxyl groups is 2. The first-order valence-corrected chi connectivity index (χ1v) is 7.40. The summed E-state index contributed by atoms with van der Waals surface area (Å²) < 4.78 is 0. The van der Waals surface area contributed by atoms with Crippen molar-refractivity contribution in [2.24, 2.45) is 4.99 Å². The maximum absolute atomic E-state index is 12.2. The normalized spacial score (nSPS) is 32.1. The van der Waals surface area contributed by atoms with E-state index in [1.54, 1.807) is 6.07 Å². The van der Waals surface area contributed by atoms with Gasteiger partial charge in [-0.25, -0.2) is 0 Å². The number of benzene rings is 1. The second-order valence-corrected chi connectivity index (χ2v) is 5.90. The Labute approximate surface area is 127 Å². The van der Waals surface area contributed by atoms with Gasteiger partial charge in [0.15, 0.2) is 6.04 Å². The number of amides is 1. The minimum Gasteiger partial charge on any atom is -0.394 e. The van der Waals surface area contributed by atoms with Crippen molar-refractivity contribution in [3.8, 4) is 0 Å². The van der Waals surface area contributed by atoms with Gasteiger partial charge in [0.25, 0.3) is 0 Å². The van der Waals surface area contributed by atoms with Gasteiger partial charge in [-0.15, -0.1) is 0 Å². The summed E-state index contributed by atoms with van der Waals surface area (Å²) in [4.78, 5) is 16.5. The van der Waals surface area contributed by atoms with Gasteiger partial charge in [0.05, 0.1) is 18.4 Å². The molecule has 0 radical (unpaired) electrons. The van der Waals surface area contributed by atoms with Crippen molar-refractivity contribution in [3.05, 3.63) is 34.9 Å². The number of nitrogens with zero attached hydrogens (tertiary/aromatic N) is 1. The third-order valence-electron chi connectivity index (χ3n) is 4.22. The zero-order chi connectivity index (χ0) is 15.0. The highest BCUT2D eigenvalue weighted by Crippen LogP contribution is 2.40. The minimum atomic E-state index is -0.862. The third-order valence-corrected chi connectivity index (χ3v) is 4.55. The van der Waals surface area contributed by atoms with E-state index in [0.29, 0.717) is 23.6 Å². The topological polar surface area (TPSA) is 81.9 Å². The molecular weight excluding hydrogens is 292 g/mol. The Morgan fingerprint density at radius 2 is 2.19 bits per heavy atom. The van der Waals surface area contributed by atoms with Gasteiger partial charge in [-0.3, -0.25) is 9.79 Å². The molecule has 1 amide bonds. The molecule has 0 spiro atoms. The molecule has 2 unspecified atom stereocenters. The molecular formula is C15H17ClN2O3. The molecule has 3 N–H and O–H groups in total. The molecule has 1 aliphatic carbocycles. The highest BCUT2D eigenvalue weighted by molar-refractivity contribution is 6.32. The van der Waals surface area contributed by atoms with Crippen LogP contribution in [-0.4, -0.2) is 40.6 Å². The zero-order valence-corrected chi connectivity index (χ0v) is 12.2. The van der Waals surface area contributed by atoms with Crippen molar-refractivity contribution in [1.82, 2.24) is 5.32 Å². The quantitative estimate of drug-likeness (QED) is 0.762. The van der Waals surface area contributed by atoms with Gasteiger partial charge in [-0.1, -0.05) is 29.8 Å². The lowest BCUT2D eigenvalue weighted by Gasteiger charge is -2.45. The van der Waals surface area contributed by atoms with Gasteiger partial charge >= 0.3 is 0 Å². The second-order valence-electron chi connectivity index (χ2n) is 5.50. The largest absolute Gasteiger partial charge is 0.394 e. The molecule has 6 heteroatoms. The first-order valence-electron chi connectivity index (χ1n) is 7.02. The number of aliphatic hydroxyl groups excluding tert-OH is 2. The Hall–Kier alpha value is -1.43. The van der Waals surface area contributed by atoms with E-state index in [1.165, 1.54) is 0 Å². The van der Waals surface area contributed by atoms with Crippen LogP contribution in [-0.2, 0) is 10.3 Å². The maximum atomic E-state index is 12.2. The van der Waals surface area contributed by atoms with Crippen molar-refractivity contribution in [1.29, 1.82) is 0 Å². The van der Waals surface area contributed by atoms with E-state index >= 15 is 0 Å². The predicted octanol–water partition coefficient (Wildman–Crippen LogP) is 1.01. The minimum absolute atomic E-state index is 0.338. The molecule has 3 rings (SSSR count). The summed E-state index contributed by atoms with van der Waals surface area (Å²) in [7, 11) is 0. The van der Waals surface area contributed by atoms with Crippen molar-refractivity contribution in [2.45, 2.75) is 36.9 Å². The number of hydrogen-bond donors (Lipinski definition) is 3. The van der Waals surface area contributed by atoms with E-state index < -0.39 is 17.7 Å². The fourth-order valence-corrected chi connectivity index (χ4v) is 3.52. The van der Waals surface area contributed by atoms with Gasteiger partial charge < -0.3 is 15.5 Å². The van der Waals surface area contributed by atoms with Crippen LogP contribution < -0.4 is 5.32 Å². The molecule has 3 atom stereocenters. The number of nitrogens with one attached hydrogen (secondary N) is 1. The van der Waals surface area contributed by atoms with Crippen LogP contribution in [0.25, 0.3) is 0 Å². The molecule has 0 aromatic heterocycles. The molecule has 1 aliphatic heterocycles. The smallest absolute Gasteiger partial charge is 0.248 e. The van der Waals surface area contributed by atoms with Crippen LogP contribution >= 0.6 is 11.6 Å². The summed E-state index contributed by atoms with van der Waals surface area (Å²) in [6.07, 6.45) is 1.26. The van der Waals surface area contributed by atoms with E-state index in [0.717, 1.165) is 12.0 Å². The van der Waals surface area contributed by atoms with E-state index in [9.17, 15) is 15.0 Å². The lowest BCUT2D eigenvalue weighted by molar-refractivity contribution is -0.125. The van der Waals surface area contributed by atoms with Crippen molar-refractivity contribution in [3.63, 3.8) is 0 Å². The third kappa shape index (κ3) is 2.25. The van der Waals surface area contributed by atoms with Crippen molar-refractivity contribution < 1.29 is 15.0 Å². The fourth-order valence-electron chi connectivity index (χ4n) is 3.22. The molecule has 1 aromatic carbocycles. The summed E-state index contributed by atoms with van der Waals surface area (Å²) in [6.45, 7) is -0.374. The highest BCUT2D eigenvalue weighted by Gasteiger charge is 2.49. The zero-order valence-electron chi connectivity index (χ0n) is 11.4. The molecule has 5 nitrogen and oxygen atoms in total. The van der Waals surface area contributed by atoms with E-state index in [1.807, 2.05) is 18.2 Å². The molecule has 1 fully saturated rings. The number of fused-ring (bicyclic) bond motifs is 1. The Morgan fingerprint density at radius 1 is 1.43 bits per heavy atom. The lowest BCUT2D eigenvalue weighted by Crippen LogP contribution is -2.63. The van der Waals surface area contributed by atoms with E-state index in [-0.39, 0.29) is 12.5 Å². The highest BCUT2D eigenvalue weighted by atomic mass is 35.5. The summed E-state index contributed by atoms with van der Waals surface area (Å²) in [5.41, 5.74) is 0.382.